The topological polar surface area (TPSA) is 18.5 Å². The van der Waals surface area contributed by atoms with Gasteiger partial charge in [0.2, 0.25) is 0 Å². The first-order chi connectivity index (χ1) is 10.3. The van der Waals surface area contributed by atoms with Crippen LogP contribution in [0.15, 0.2) is 36.6 Å². The molecule has 2 aliphatic heterocycles. The molecule has 1 saturated carbocycles. The van der Waals surface area contributed by atoms with E-state index in [2.05, 4.69) is 31.2 Å². The van der Waals surface area contributed by atoms with E-state index in [-0.39, 0.29) is 0 Å². The standard InChI is InChI=1S/C19H24O2/c1-13(14-6-3-2-4-7-14)11-20-12-15-10-18-16-8-5-9-17(16)19(15)21-18/h2-4,6-7,11,15-19H,5,8-10,12H2,1H3/b13-11-. The zero-order chi connectivity index (χ0) is 14.2. The van der Waals surface area contributed by atoms with Crippen LogP contribution >= 0.6 is 0 Å². The Morgan fingerprint density at radius 2 is 2.05 bits per heavy atom. The lowest BCUT2D eigenvalue weighted by Crippen LogP contribution is -2.32. The highest BCUT2D eigenvalue weighted by molar-refractivity contribution is 5.62. The van der Waals surface area contributed by atoms with Crippen LogP contribution in [0.5, 0.6) is 0 Å². The Labute approximate surface area is 127 Å². The summed E-state index contributed by atoms with van der Waals surface area (Å²) in [5, 5.41) is 0. The molecule has 1 aliphatic carbocycles. The summed E-state index contributed by atoms with van der Waals surface area (Å²) in [6.07, 6.45) is 8.33. The fraction of sp³-hybridized carbons (Fsp3) is 0.579. The number of fused-ring (bicyclic) bond motifs is 5. The highest BCUT2D eigenvalue weighted by atomic mass is 16.5. The van der Waals surface area contributed by atoms with E-state index in [4.69, 9.17) is 9.47 Å². The van der Waals surface area contributed by atoms with Gasteiger partial charge in [0.1, 0.15) is 0 Å². The van der Waals surface area contributed by atoms with Gasteiger partial charge in [0.05, 0.1) is 25.1 Å². The van der Waals surface area contributed by atoms with E-state index in [1.54, 1.807) is 0 Å². The third kappa shape index (κ3) is 2.40. The predicted molar refractivity (Wildman–Crippen MR) is 83.6 cm³/mol. The van der Waals surface area contributed by atoms with Crippen LogP contribution in [0.25, 0.3) is 5.57 Å². The number of ether oxygens (including phenoxy) is 2. The molecule has 2 heteroatoms. The van der Waals surface area contributed by atoms with Gasteiger partial charge in [-0.3, -0.25) is 0 Å². The molecule has 0 radical (unpaired) electrons. The van der Waals surface area contributed by atoms with Gasteiger partial charge in [0.25, 0.3) is 0 Å². The minimum Gasteiger partial charge on any atom is -0.501 e. The van der Waals surface area contributed by atoms with Gasteiger partial charge in [-0.25, -0.2) is 0 Å². The molecule has 5 unspecified atom stereocenters. The second kappa shape index (κ2) is 5.49. The zero-order valence-electron chi connectivity index (χ0n) is 12.7. The van der Waals surface area contributed by atoms with E-state index in [1.807, 2.05) is 12.3 Å². The van der Waals surface area contributed by atoms with Crippen molar-refractivity contribution >= 4 is 5.57 Å². The molecule has 0 amide bonds. The van der Waals surface area contributed by atoms with Crippen LogP contribution in [0.1, 0.15) is 38.2 Å². The first kappa shape index (κ1) is 13.4. The van der Waals surface area contributed by atoms with Crippen LogP contribution in [0.3, 0.4) is 0 Å². The minimum atomic E-state index is 0.480. The van der Waals surface area contributed by atoms with Crippen molar-refractivity contribution in [3.05, 3.63) is 42.2 Å². The number of hydrogen-bond donors (Lipinski definition) is 0. The molecule has 2 heterocycles. The number of hydrogen-bond acceptors (Lipinski definition) is 2. The Hall–Kier alpha value is -1.28. The summed E-state index contributed by atoms with van der Waals surface area (Å²) in [4.78, 5) is 0. The molecule has 0 spiro atoms. The number of benzene rings is 1. The van der Waals surface area contributed by atoms with E-state index in [0.29, 0.717) is 18.1 Å². The van der Waals surface area contributed by atoms with Gasteiger partial charge in [-0.2, -0.15) is 0 Å². The van der Waals surface area contributed by atoms with E-state index >= 15 is 0 Å². The van der Waals surface area contributed by atoms with Gasteiger partial charge >= 0.3 is 0 Å². The molecule has 1 aromatic rings. The summed E-state index contributed by atoms with van der Waals surface area (Å²) in [7, 11) is 0. The molecule has 0 aromatic heterocycles. The van der Waals surface area contributed by atoms with Crippen molar-refractivity contribution in [1.29, 1.82) is 0 Å². The Morgan fingerprint density at radius 3 is 2.90 bits per heavy atom. The van der Waals surface area contributed by atoms with Gasteiger partial charge in [-0.05, 0) is 49.2 Å². The molecule has 2 bridgehead atoms. The van der Waals surface area contributed by atoms with Crippen molar-refractivity contribution in [2.45, 2.75) is 44.8 Å². The maximum absolute atomic E-state index is 6.19. The van der Waals surface area contributed by atoms with E-state index < -0.39 is 0 Å². The van der Waals surface area contributed by atoms with Crippen LogP contribution in [-0.4, -0.2) is 18.8 Å². The summed E-state index contributed by atoms with van der Waals surface area (Å²) in [6, 6.07) is 10.4. The first-order valence-electron chi connectivity index (χ1n) is 8.32. The highest BCUT2D eigenvalue weighted by Crippen LogP contribution is 2.53. The quantitative estimate of drug-likeness (QED) is 0.769. The normalized spacial score (nSPS) is 37.8. The van der Waals surface area contributed by atoms with Crippen LogP contribution in [0.4, 0.5) is 0 Å². The molecule has 3 fully saturated rings. The molecule has 112 valence electrons. The van der Waals surface area contributed by atoms with Gasteiger partial charge in [-0.1, -0.05) is 36.8 Å². The van der Waals surface area contributed by atoms with Crippen molar-refractivity contribution in [3.63, 3.8) is 0 Å². The van der Waals surface area contributed by atoms with Crippen LogP contribution < -0.4 is 0 Å². The second-order valence-electron chi connectivity index (χ2n) is 6.89. The van der Waals surface area contributed by atoms with E-state index in [9.17, 15) is 0 Å². The van der Waals surface area contributed by atoms with E-state index in [1.165, 1.54) is 36.8 Å². The smallest absolute Gasteiger partial charge is 0.0927 e. The summed E-state index contributed by atoms with van der Waals surface area (Å²) in [5.74, 6) is 2.30. The van der Waals surface area contributed by atoms with Gasteiger partial charge < -0.3 is 9.47 Å². The molecule has 2 nitrogen and oxygen atoms in total. The maximum atomic E-state index is 6.19. The van der Waals surface area contributed by atoms with Gasteiger partial charge in [-0.15, -0.1) is 0 Å². The highest BCUT2D eigenvalue weighted by Gasteiger charge is 2.55. The Kier molecular flexibility index (Phi) is 3.50. The molecule has 5 atom stereocenters. The number of allylic oxidation sites excluding steroid dienone is 1. The summed E-state index contributed by atoms with van der Waals surface area (Å²) in [6.45, 7) is 2.92. The van der Waals surface area contributed by atoms with E-state index in [0.717, 1.165) is 18.4 Å². The van der Waals surface area contributed by atoms with Crippen molar-refractivity contribution < 1.29 is 9.47 Å². The van der Waals surface area contributed by atoms with Gasteiger partial charge in [0.15, 0.2) is 0 Å². The molecule has 3 aliphatic rings. The van der Waals surface area contributed by atoms with Crippen LogP contribution in [-0.2, 0) is 9.47 Å². The molecule has 2 saturated heterocycles. The predicted octanol–water partition coefficient (Wildman–Crippen LogP) is 4.27. The minimum absolute atomic E-state index is 0.480. The Morgan fingerprint density at radius 1 is 1.24 bits per heavy atom. The summed E-state index contributed by atoms with van der Waals surface area (Å²) < 4.78 is 12.1. The molecule has 1 aromatic carbocycles. The molecular weight excluding hydrogens is 260 g/mol. The monoisotopic (exact) mass is 284 g/mol. The van der Waals surface area contributed by atoms with Crippen LogP contribution in [0, 0.1) is 17.8 Å². The second-order valence-corrected chi connectivity index (χ2v) is 6.89. The Bertz CT molecular complexity index is 522. The lowest BCUT2D eigenvalue weighted by molar-refractivity contribution is 0.0543. The Balaban J connectivity index is 1.34. The van der Waals surface area contributed by atoms with Crippen molar-refractivity contribution in [1.82, 2.24) is 0 Å². The SMILES string of the molecule is C/C(=C/OCC1CC2OC1C1CCCC21)c1ccccc1. The molecule has 21 heavy (non-hydrogen) atoms. The van der Waals surface area contributed by atoms with Crippen molar-refractivity contribution in [2.75, 3.05) is 6.61 Å². The maximum Gasteiger partial charge on any atom is 0.0927 e. The van der Waals surface area contributed by atoms with Crippen molar-refractivity contribution in [3.8, 4) is 0 Å². The number of rotatable bonds is 4. The molecular formula is C19H24O2. The lowest BCUT2D eigenvalue weighted by Gasteiger charge is -2.27. The summed E-state index contributed by atoms with van der Waals surface area (Å²) in [5.41, 5.74) is 2.43. The largest absolute Gasteiger partial charge is 0.501 e. The molecule has 4 rings (SSSR count). The summed E-state index contributed by atoms with van der Waals surface area (Å²) >= 11 is 0. The zero-order valence-corrected chi connectivity index (χ0v) is 12.7. The average Bonchev–Trinajstić information content (AvgIpc) is 3.20. The third-order valence-electron chi connectivity index (χ3n) is 5.66. The first-order valence-corrected chi connectivity index (χ1v) is 8.32. The lowest BCUT2D eigenvalue weighted by atomic mass is 9.76. The third-order valence-corrected chi connectivity index (χ3v) is 5.66. The average molecular weight is 284 g/mol. The van der Waals surface area contributed by atoms with Crippen LogP contribution in [0.2, 0.25) is 0 Å². The molecule has 0 N–H and O–H groups in total. The fourth-order valence-corrected chi connectivity index (χ4v) is 4.64. The van der Waals surface area contributed by atoms with Gasteiger partial charge in [0, 0.05) is 5.92 Å². The van der Waals surface area contributed by atoms with Crippen molar-refractivity contribution in [2.24, 2.45) is 17.8 Å². The fourth-order valence-electron chi connectivity index (χ4n) is 4.64.